The van der Waals surface area contributed by atoms with Gasteiger partial charge in [0.15, 0.2) is 0 Å². The minimum absolute atomic E-state index is 0.0705. The van der Waals surface area contributed by atoms with Crippen LogP contribution in [0, 0.1) is 11.3 Å². The maximum atomic E-state index is 10.8. The number of allylic oxidation sites excluding steroid dienone is 1. The first kappa shape index (κ1) is 12.8. The summed E-state index contributed by atoms with van der Waals surface area (Å²) in [6.45, 7) is 3.50. The predicted molar refractivity (Wildman–Crippen MR) is 72.7 cm³/mol. The molecule has 0 aromatic heterocycles. The second kappa shape index (κ2) is 4.13. The minimum Gasteiger partial charge on any atom is -0.465 e. The number of likely N-dealkylation sites (tertiary alicyclic amines) is 2. The summed E-state index contributed by atoms with van der Waals surface area (Å²) in [5.74, 6) is 0.484. The monoisotopic (exact) mass is 265 g/mol. The Balaban J connectivity index is 1.87. The second-order valence-electron chi connectivity index (χ2n) is 6.52. The van der Waals surface area contributed by atoms with Crippen LogP contribution >= 0.6 is 0 Å². The summed E-state index contributed by atoms with van der Waals surface area (Å²) in [6.07, 6.45) is 4.75. The molecule has 1 amide bonds. The molecule has 3 rings (SSSR count). The SMILES string of the molecule is CN1CCC2(C)C3CC(NC(=O)O)CC=C3N(C)C12. The zero-order valence-electron chi connectivity index (χ0n) is 11.9. The molecule has 106 valence electrons. The van der Waals surface area contributed by atoms with Crippen LogP contribution in [-0.2, 0) is 0 Å². The summed E-state index contributed by atoms with van der Waals surface area (Å²) in [5.41, 5.74) is 1.68. The molecule has 0 saturated carbocycles. The average Bonchev–Trinajstić information content (AvgIpc) is 2.75. The van der Waals surface area contributed by atoms with Gasteiger partial charge in [-0.2, -0.15) is 0 Å². The quantitative estimate of drug-likeness (QED) is 0.755. The molecule has 0 bridgehead atoms. The summed E-state index contributed by atoms with van der Waals surface area (Å²) in [7, 11) is 4.37. The van der Waals surface area contributed by atoms with Gasteiger partial charge < -0.3 is 15.3 Å². The molecular weight excluding hydrogens is 242 g/mol. The third-order valence-corrected chi connectivity index (χ3v) is 5.40. The highest BCUT2D eigenvalue weighted by Gasteiger charge is 2.57. The number of hydrogen-bond donors (Lipinski definition) is 2. The van der Waals surface area contributed by atoms with Crippen molar-refractivity contribution < 1.29 is 9.90 Å². The van der Waals surface area contributed by atoms with E-state index in [-0.39, 0.29) is 11.5 Å². The van der Waals surface area contributed by atoms with Crippen LogP contribution in [0.15, 0.2) is 11.8 Å². The van der Waals surface area contributed by atoms with E-state index in [1.807, 2.05) is 0 Å². The number of fused-ring (bicyclic) bond motifs is 3. The number of hydrogen-bond acceptors (Lipinski definition) is 3. The lowest BCUT2D eigenvalue weighted by Crippen LogP contribution is -2.42. The number of nitrogens with zero attached hydrogens (tertiary/aromatic N) is 2. The normalized spacial score (nSPS) is 41.7. The van der Waals surface area contributed by atoms with Gasteiger partial charge in [-0.15, -0.1) is 0 Å². The van der Waals surface area contributed by atoms with Gasteiger partial charge in [-0.1, -0.05) is 13.0 Å². The van der Waals surface area contributed by atoms with E-state index in [4.69, 9.17) is 5.11 Å². The smallest absolute Gasteiger partial charge is 0.404 e. The Morgan fingerprint density at radius 2 is 2.26 bits per heavy atom. The van der Waals surface area contributed by atoms with E-state index >= 15 is 0 Å². The molecule has 0 radical (unpaired) electrons. The molecule has 2 N–H and O–H groups in total. The third-order valence-electron chi connectivity index (χ3n) is 5.40. The van der Waals surface area contributed by atoms with Gasteiger partial charge in [-0.05, 0) is 26.3 Å². The topological polar surface area (TPSA) is 55.8 Å². The van der Waals surface area contributed by atoms with E-state index in [9.17, 15) is 4.79 Å². The largest absolute Gasteiger partial charge is 0.465 e. The molecule has 3 aliphatic rings. The van der Waals surface area contributed by atoms with E-state index in [1.54, 1.807) is 0 Å². The minimum atomic E-state index is -0.904. The van der Waals surface area contributed by atoms with Gasteiger partial charge >= 0.3 is 6.09 Å². The molecule has 2 heterocycles. The lowest BCUT2D eigenvalue weighted by atomic mass is 9.71. The van der Waals surface area contributed by atoms with E-state index in [2.05, 4.69) is 42.2 Å². The molecule has 2 fully saturated rings. The van der Waals surface area contributed by atoms with Gasteiger partial charge in [0.2, 0.25) is 0 Å². The van der Waals surface area contributed by atoms with Gasteiger partial charge in [0.1, 0.15) is 0 Å². The fourth-order valence-electron chi connectivity index (χ4n) is 4.60. The first-order chi connectivity index (χ1) is 8.93. The molecule has 5 nitrogen and oxygen atoms in total. The molecule has 0 aromatic rings. The van der Waals surface area contributed by atoms with E-state index in [1.165, 1.54) is 12.1 Å². The lowest BCUT2D eigenvalue weighted by Gasteiger charge is -2.34. The van der Waals surface area contributed by atoms with Crippen molar-refractivity contribution in [3.8, 4) is 0 Å². The number of carbonyl (C=O) groups is 1. The zero-order chi connectivity index (χ0) is 13.8. The summed E-state index contributed by atoms with van der Waals surface area (Å²) < 4.78 is 0. The van der Waals surface area contributed by atoms with Gasteiger partial charge in [-0.25, -0.2) is 4.79 Å². The molecule has 0 aromatic carbocycles. The first-order valence-electron chi connectivity index (χ1n) is 7.06. The Bertz CT molecular complexity index is 436. The van der Waals surface area contributed by atoms with E-state index in [0.717, 1.165) is 19.4 Å². The summed E-state index contributed by atoms with van der Waals surface area (Å²) in [5, 5.41) is 11.6. The van der Waals surface area contributed by atoms with Crippen molar-refractivity contribution in [3.63, 3.8) is 0 Å². The Morgan fingerprint density at radius 1 is 1.53 bits per heavy atom. The van der Waals surface area contributed by atoms with E-state index < -0.39 is 6.09 Å². The highest BCUT2D eigenvalue weighted by atomic mass is 16.4. The average molecular weight is 265 g/mol. The fraction of sp³-hybridized carbons (Fsp3) is 0.786. The van der Waals surface area contributed by atoms with Crippen molar-refractivity contribution in [2.45, 2.75) is 38.4 Å². The Morgan fingerprint density at radius 3 is 2.95 bits per heavy atom. The number of nitrogens with one attached hydrogen (secondary N) is 1. The van der Waals surface area contributed by atoms with Crippen molar-refractivity contribution in [2.75, 3.05) is 20.6 Å². The highest BCUT2D eigenvalue weighted by molar-refractivity contribution is 5.65. The van der Waals surface area contributed by atoms with Crippen molar-refractivity contribution in [1.82, 2.24) is 15.1 Å². The van der Waals surface area contributed by atoms with Gasteiger partial charge in [0.25, 0.3) is 0 Å². The summed E-state index contributed by atoms with van der Waals surface area (Å²) >= 11 is 0. The Hall–Kier alpha value is -1.23. The summed E-state index contributed by atoms with van der Waals surface area (Å²) in [6, 6.07) is 0.0705. The van der Waals surface area contributed by atoms with Crippen LogP contribution in [0.2, 0.25) is 0 Å². The van der Waals surface area contributed by atoms with Crippen LogP contribution < -0.4 is 5.32 Å². The fourth-order valence-corrected chi connectivity index (χ4v) is 4.60. The maximum absolute atomic E-state index is 10.8. The van der Waals surface area contributed by atoms with Crippen LogP contribution in [0.1, 0.15) is 26.2 Å². The van der Waals surface area contributed by atoms with Gasteiger partial charge in [0, 0.05) is 36.7 Å². The highest BCUT2D eigenvalue weighted by Crippen LogP contribution is 2.56. The van der Waals surface area contributed by atoms with Gasteiger partial charge in [0.05, 0.1) is 6.17 Å². The van der Waals surface area contributed by atoms with Crippen LogP contribution in [0.3, 0.4) is 0 Å². The number of carboxylic acid groups (broad SMARTS) is 1. The molecule has 2 saturated heterocycles. The van der Waals surface area contributed by atoms with Crippen molar-refractivity contribution in [1.29, 1.82) is 0 Å². The molecule has 5 heteroatoms. The maximum Gasteiger partial charge on any atom is 0.404 e. The van der Waals surface area contributed by atoms with E-state index in [0.29, 0.717) is 12.1 Å². The van der Waals surface area contributed by atoms with Crippen molar-refractivity contribution >= 4 is 6.09 Å². The van der Waals surface area contributed by atoms with Crippen LogP contribution in [0.5, 0.6) is 0 Å². The predicted octanol–water partition coefficient (Wildman–Crippen LogP) is 1.53. The Labute approximate surface area is 114 Å². The van der Waals surface area contributed by atoms with Crippen LogP contribution in [-0.4, -0.2) is 53.8 Å². The first-order valence-corrected chi connectivity index (χ1v) is 7.06. The Kier molecular flexibility index (Phi) is 2.78. The zero-order valence-corrected chi connectivity index (χ0v) is 11.9. The van der Waals surface area contributed by atoms with Crippen LogP contribution in [0.4, 0.5) is 4.79 Å². The third kappa shape index (κ3) is 1.75. The standard InChI is InChI=1S/C14H23N3O2/c1-14-6-7-16(2)12(14)17(3)11-5-4-9(8-10(11)14)15-13(18)19/h5,9-10,12,15H,4,6-8H2,1-3H3,(H,18,19). The molecular formula is C14H23N3O2. The van der Waals surface area contributed by atoms with Crippen LogP contribution in [0.25, 0.3) is 0 Å². The second-order valence-corrected chi connectivity index (χ2v) is 6.52. The number of amides is 1. The molecule has 4 atom stereocenters. The van der Waals surface area contributed by atoms with Gasteiger partial charge in [-0.3, -0.25) is 4.90 Å². The molecule has 4 unspecified atom stereocenters. The van der Waals surface area contributed by atoms with Crippen molar-refractivity contribution in [2.24, 2.45) is 11.3 Å². The summed E-state index contributed by atoms with van der Waals surface area (Å²) in [4.78, 5) is 15.7. The molecule has 2 aliphatic heterocycles. The van der Waals surface area contributed by atoms with Crippen molar-refractivity contribution in [3.05, 3.63) is 11.8 Å². The number of rotatable bonds is 1. The molecule has 1 aliphatic carbocycles. The molecule has 0 spiro atoms. The molecule has 19 heavy (non-hydrogen) atoms. The lowest BCUT2D eigenvalue weighted by molar-refractivity contribution is 0.103.